The number of pyridine rings is 1. The fourth-order valence-electron chi connectivity index (χ4n) is 8.00. The van der Waals surface area contributed by atoms with Crippen LogP contribution in [0.2, 0.25) is 0 Å². The monoisotopic (exact) mass is 662 g/mol. The molecule has 260 valence electrons. The number of benzene rings is 2. The van der Waals surface area contributed by atoms with E-state index in [9.17, 15) is 14.4 Å². The summed E-state index contributed by atoms with van der Waals surface area (Å²) in [7, 11) is 0. The Balaban J connectivity index is 0.990. The molecule has 3 aliphatic rings. The highest BCUT2D eigenvalue weighted by molar-refractivity contribution is 5.96. The molecular weight excluding hydrogens is 608 g/mol. The van der Waals surface area contributed by atoms with Crippen LogP contribution in [-0.2, 0) is 9.59 Å². The molecule has 3 fully saturated rings. The number of Topliss-reactive ketones (excluding diaryl/α,β-unsaturated/α-hetero) is 1. The van der Waals surface area contributed by atoms with Crippen molar-refractivity contribution in [2.75, 3.05) is 39.3 Å². The van der Waals surface area contributed by atoms with Crippen molar-refractivity contribution in [1.29, 1.82) is 0 Å². The summed E-state index contributed by atoms with van der Waals surface area (Å²) in [5, 5.41) is 0. The topological polar surface area (TPSA) is 73.8 Å². The fourth-order valence-corrected chi connectivity index (χ4v) is 8.00. The largest absolute Gasteiger partial charge is 0.343 e. The van der Waals surface area contributed by atoms with E-state index in [-0.39, 0.29) is 17.7 Å². The number of likely N-dealkylation sites (tertiary alicyclic amines) is 1. The van der Waals surface area contributed by atoms with Crippen molar-refractivity contribution < 1.29 is 14.4 Å². The maximum absolute atomic E-state index is 13.9. The molecule has 1 aliphatic carbocycles. The lowest BCUT2D eigenvalue weighted by Gasteiger charge is -2.43. The zero-order valence-corrected chi connectivity index (χ0v) is 29.2. The molecule has 1 saturated carbocycles. The minimum absolute atomic E-state index is 0.0526. The van der Waals surface area contributed by atoms with Crippen molar-refractivity contribution in [3.05, 3.63) is 78.4 Å². The second-order valence-corrected chi connectivity index (χ2v) is 14.4. The van der Waals surface area contributed by atoms with Crippen LogP contribution in [0, 0.1) is 5.92 Å². The van der Waals surface area contributed by atoms with Crippen LogP contribution < -0.4 is 0 Å². The first-order chi connectivity index (χ1) is 24.0. The SMILES string of the molecule is O=C1CCCCCCCCCCC1CCC(=O)N1CCC(N2CCN(C(=O)c3cc(-c4ccccc4)nc(-c4ccccc4)c3)CC2)CC1. The minimum atomic E-state index is 0.0526. The summed E-state index contributed by atoms with van der Waals surface area (Å²) < 4.78 is 0. The number of carbonyl (C=O) groups excluding carboxylic acids is 3. The van der Waals surface area contributed by atoms with Crippen LogP contribution in [0.25, 0.3) is 22.5 Å². The molecule has 0 N–H and O–H groups in total. The number of piperazine rings is 1. The third-order valence-corrected chi connectivity index (χ3v) is 11.0. The molecule has 0 radical (unpaired) electrons. The van der Waals surface area contributed by atoms with Crippen molar-refractivity contribution in [3.63, 3.8) is 0 Å². The van der Waals surface area contributed by atoms with Crippen LogP contribution in [-0.4, -0.2) is 82.6 Å². The van der Waals surface area contributed by atoms with Gasteiger partial charge in [-0.3, -0.25) is 19.3 Å². The molecule has 7 nitrogen and oxygen atoms in total. The first-order valence-corrected chi connectivity index (χ1v) is 19.0. The Bertz CT molecular complexity index is 1450. The lowest BCUT2D eigenvalue weighted by Crippen LogP contribution is -2.54. The number of amides is 2. The summed E-state index contributed by atoms with van der Waals surface area (Å²) in [5.41, 5.74) is 4.27. The molecule has 2 aromatic carbocycles. The molecule has 1 unspecified atom stereocenters. The van der Waals surface area contributed by atoms with Crippen molar-refractivity contribution in [2.24, 2.45) is 5.92 Å². The van der Waals surface area contributed by atoms with Crippen LogP contribution in [0.15, 0.2) is 72.8 Å². The Morgan fingerprint density at radius 1 is 0.633 bits per heavy atom. The molecule has 6 rings (SSSR count). The molecule has 2 amide bonds. The smallest absolute Gasteiger partial charge is 0.254 e. The van der Waals surface area contributed by atoms with Gasteiger partial charge in [0.05, 0.1) is 11.4 Å². The van der Waals surface area contributed by atoms with Gasteiger partial charge >= 0.3 is 0 Å². The number of hydrogen-bond acceptors (Lipinski definition) is 5. The Morgan fingerprint density at radius 3 is 1.78 bits per heavy atom. The Kier molecular flexibility index (Phi) is 12.6. The van der Waals surface area contributed by atoms with Gasteiger partial charge in [0.2, 0.25) is 5.91 Å². The summed E-state index contributed by atoms with van der Waals surface area (Å²) in [6, 6.07) is 24.4. The second-order valence-electron chi connectivity index (χ2n) is 14.4. The van der Waals surface area contributed by atoms with Crippen LogP contribution in [0.1, 0.15) is 100 Å². The number of nitrogens with zero attached hydrogens (tertiary/aromatic N) is 4. The number of ketones is 1. The van der Waals surface area contributed by atoms with Crippen molar-refractivity contribution in [3.8, 4) is 22.5 Å². The van der Waals surface area contributed by atoms with Crippen LogP contribution >= 0.6 is 0 Å². The number of aromatic nitrogens is 1. The van der Waals surface area contributed by atoms with Crippen LogP contribution in [0.4, 0.5) is 0 Å². The molecule has 2 saturated heterocycles. The van der Waals surface area contributed by atoms with Gasteiger partial charge in [-0.1, -0.05) is 106 Å². The molecule has 7 heteroatoms. The van der Waals surface area contributed by atoms with Crippen LogP contribution in [0.5, 0.6) is 0 Å². The highest BCUT2D eigenvalue weighted by Crippen LogP contribution is 2.27. The average molecular weight is 663 g/mol. The first kappa shape index (κ1) is 35.0. The normalized spacial score (nSPS) is 20.7. The van der Waals surface area contributed by atoms with E-state index in [1.54, 1.807) is 0 Å². The molecule has 2 aliphatic heterocycles. The van der Waals surface area contributed by atoms with E-state index < -0.39 is 0 Å². The van der Waals surface area contributed by atoms with Crippen molar-refractivity contribution in [2.45, 2.75) is 95.9 Å². The Morgan fingerprint density at radius 2 is 1.18 bits per heavy atom. The molecule has 49 heavy (non-hydrogen) atoms. The van der Waals surface area contributed by atoms with E-state index in [1.807, 2.05) is 82.6 Å². The number of carbonyl (C=O) groups is 3. The standard InChI is InChI=1S/C42H54N4O3/c47-40-20-14-6-4-2-1-3-5-9-19-35(40)21-22-41(48)45-25-23-37(24-26-45)44-27-29-46(30-28-44)42(49)36-31-38(33-15-10-7-11-16-33)43-39(32-36)34-17-12-8-13-18-34/h7-8,10-13,15-18,31-32,35,37H,1-6,9,14,19-30H2. The van der Waals surface area contributed by atoms with Gasteiger partial charge in [0.1, 0.15) is 5.78 Å². The zero-order valence-electron chi connectivity index (χ0n) is 29.2. The minimum Gasteiger partial charge on any atom is -0.343 e. The molecule has 0 spiro atoms. The molecule has 3 heterocycles. The van der Waals surface area contributed by atoms with Gasteiger partial charge in [0.15, 0.2) is 0 Å². The molecule has 1 atom stereocenters. The molecule has 3 aromatic rings. The van der Waals surface area contributed by atoms with Gasteiger partial charge in [-0.25, -0.2) is 4.98 Å². The Hall–Kier alpha value is -3.84. The maximum atomic E-state index is 13.9. The van der Waals surface area contributed by atoms with E-state index in [0.29, 0.717) is 49.7 Å². The number of piperidine rings is 1. The van der Waals surface area contributed by atoms with Gasteiger partial charge < -0.3 is 9.80 Å². The lowest BCUT2D eigenvalue weighted by molar-refractivity contribution is -0.133. The zero-order chi connectivity index (χ0) is 33.8. The predicted octanol–water partition coefficient (Wildman–Crippen LogP) is 8.04. The van der Waals surface area contributed by atoms with E-state index in [0.717, 1.165) is 87.2 Å². The fraction of sp³-hybridized carbons (Fsp3) is 0.524. The molecular formula is C42H54N4O3. The summed E-state index contributed by atoms with van der Waals surface area (Å²) in [4.78, 5) is 51.6. The third kappa shape index (κ3) is 9.66. The molecule has 1 aromatic heterocycles. The maximum Gasteiger partial charge on any atom is 0.254 e. The highest BCUT2D eigenvalue weighted by Gasteiger charge is 2.31. The van der Waals surface area contributed by atoms with E-state index >= 15 is 0 Å². The van der Waals surface area contributed by atoms with E-state index in [2.05, 4.69) is 4.90 Å². The summed E-state index contributed by atoms with van der Waals surface area (Å²) in [6.45, 7) is 4.63. The van der Waals surface area contributed by atoms with Gasteiger partial charge in [-0.15, -0.1) is 0 Å². The lowest BCUT2D eigenvalue weighted by atomic mass is 9.88. The van der Waals surface area contributed by atoms with Crippen LogP contribution in [0.3, 0.4) is 0 Å². The average Bonchev–Trinajstić information content (AvgIpc) is 3.16. The summed E-state index contributed by atoms with van der Waals surface area (Å²) >= 11 is 0. The highest BCUT2D eigenvalue weighted by atomic mass is 16.2. The van der Waals surface area contributed by atoms with Gasteiger partial charge in [-0.05, 0) is 44.2 Å². The number of rotatable bonds is 7. The van der Waals surface area contributed by atoms with E-state index in [4.69, 9.17) is 4.98 Å². The summed E-state index contributed by atoms with van der Waals surface area (Å²) in [5.74, 6) is 0.718. The number of hydrogen-bond donors (Lipinski definition) is 0. The van der Waals surface area contributed by atoms with Crippen molar-refractivity contribution in [1.82, 2.24) is 19.7 Å². The first-order valence-electron chi connectivity index (χ1n) is 19.0. The van der Waals surface area contributed by atoms with Gasteiger partial charge in [0.25, 0.3) is 5.91 Å². The van der Waals surface area contributed by atoms with Gasteiger partial charge in [0, 0.05) is 80.8 Å². The third-order valence-electron chi connectivity index (χ3n) is 11.0. The van der Waals surface area contributed by atoms with Crippen molar-refractivity contribution >= 4 is 17.6 Å². The predicted molar refractivity (Wildman–Crippen MR) is 196 cm³/mol. The van der Waals surface area contributed by atoms with Gasteiger partial charge in [-0.2, -0.15) is 0 Å². The molecule has 0 bridgehead atoms. The summed E-state index contributed by atoms with van der Waals surface area (Å²) in [6.07, 6.45) is 14.4. The second kappa shape index (κ2) is 17.7. The quantitative estimate of drug-likeness (QED) is 0.256. The van der Waals surface area contributed by atoms with E-state index in [1.165, 1.54) is 32.1 Å². The Labute approximate surface area is 293 Å².